The first-order valence-electron chi connectivity index (χ1n) is 6.57. The van der Waals surface area contributed by atoms with Crippen LogP contribution in [0.3, 0.4) is 0 Å². The molecule has 102 valence electrons. The first-order valence-corrected chi connectivity index (χ1v) is 6.57. The maximum atomic E-state index is 13.3. The smallest absolute Gasteiger partial charge is 0.126 e. The summed E-state index contributed by atoms with van der Waals surface area (Å²) in [5.74, 6) is -0.255. The van der Waals surface area contributed by atoms with Crippen LogP contribution in [-0.4, -0.2) is 14.9 Å². The predicted molar refractivity (Wildman–Crippen MR) is 72.5 cm³/mol. The fourth-order valence-corrected chi connectivity index (χ4v) is 2.14. The van der Waals surface area contributed by atoms with Gasteiger partial charge < -0.3 is 5.11 Å². The molecule has 0 amide bonds. The zero-order valence-electron chi connectivity index (χ0n) is 11.5. The summed E-state index contributed by atoms with van der Waals surface area (Å²) in [6.07, 6.45) is 0.0573. The molecule has 0 aliphatic carbocycles. The Morgan fingerprint density at radius 2 is 2.05 bits per heavy atom. The van der Waals surface area contributed by atoms with Gasteiger partial charge in [-0.15, -0.1) is 0 Å². The van der Waals surface area contributed by atoms with Gasteiger partial charge in [-0.25, -0.2) is 4.39 Å². The second-order valence-corrected chi connectivity index (χ2v) is 4.64. The normalized spacial score (nSPS) is 12.7. The third-order valence-electron chi connectivity index (χ3n) is 3.30. The summed E-state index contributed by atoms with van der Waals surface area (Å²) in [5.41, 5.74) is 2.94. The Bertz CT molecular complexity index is 578. The van der Waals surface area contributed by atoms with Gasteiger partial charge in [-0.2, -0.15) is 5.10 Å². The summed E-state index contributed by atoms with van der Waals surface area (Å²) < 4.78 is 15.1. The number of hydrogen-bond acceptors (Lipinski definition) is 2. The van der Waals surface area contributed by atoms with Crippen LogP contribution < -0.4 is 0 Å². The molecule has 1 aromatic carbocycles. The van der Waals surface area contributed by atoms with E-state index in [4.69, 9.17) is 0 Å². The van der Waals surface area contributed by atoms with Crippen LogP contribution in [0.15, 0.2) is 24.3 Å². The van der Waals surface area contributed by atoms with Crippen molar-refractivity contribution in [3.63, 3.8) is 0 Å². The molecule has 1 unspecified atom stereocenters. The number of benzene rings is 1. The van der Waals surface area contributed by atoms with Gasteiger partial charge in [0.25, 0.3) is 0 Å². The largest absolute Gasteiger partial charge is 0.382 e. The zero-order valence-corrected chi connectivity index (χ0v) is 11.5. The lowest BCUT2D eigenvalue weighted by atomic mass is 10.0. The number of hydrogen-bond donors (Lipinski definition) is 1. The molecule has 0 aliphatic rings. The van der Waals surface area contributed by atoms with Gasteiger partial charge >= 0.3 is 0 Å². The standard InChI is InChI=1S/C15H19FN2O/c1-4-12-9-14(18(5-2)17-12)15(19)11-6-7-13(16)10(3)8-11/h6-9,15,19H,4-5H2,1-3H3. The zero-order chi connectivity index (χ0) is 14.0. The molecule has 0 radical (unpaired) electrons. The van der Waals surface area contributed by atoms with E-state index in [0.29, 0.717) is 17.7 Å². The minimum absolute atomic E-state index is 0.255. The molecule has 3 nitrogen and oxygen atoms in total. The number of aliphatic hydroxyl groups excluding tert-OH is 1. The molecule has 0 saturated heterocycles. The van der Waals surface area contributed by atoms with Gasteiger partial charge in [0.1, 0.15) is 11.9 Å². The van der Waals surface area contributed by atoms with Crippen molar-refractivity contribution in [3.05, 3.63) is 52.6 Å². The van der Waals surface area contributed by atoms with E-state index in [9.17, 15) is 9.50 Å². The van der Waals surface area contributed by atoms with Gasteiger partial charge in [-0.1, -0.05) is 19.1 Å². The van der Waals surface area contributed by atoms with E-state index in [1.165, 1.54) is 6.07 Å². The van der Waals surface area contributed by atoms with Crippen LogP contribution in [0.2, 0.25) is 0 Å². The molecule has 0 aliphatic heterocycles. The van der Waals surface area contributed by atoms with Gasteiger partial charge in [0.2, 0.25) is 0 Å². The topological polar surface area (TPSA) is 38.0 Å². The fraction of sp³-hybridized carbons (Fsp3) is 0.400. The van der Waals surface area contributed by atoms with E-state index in [1.807, 2.05) is 19.9 Å². The van der Waals surface area contributed by atoms with Crippen molar-refractivity contribution in [2.45, 2.75) is 39.8 Å². The molecule has 0 bridgehead atoms. The van der Waals surface area contributed by atoms with Gasteiger partial charge in [0.05, 0.1) is 11.4 Å². The molecule has 1 aromatic heterocycles. The van der Waals surface area contributed by atoms with Crippen molar-refractivity contribution in [2.75, 3.05) is 0 Å². The van der Waals surface area contributed by atoms with Crippen molar-refractivity contribution in [1.82, 2.24) is 9.78 Å². The molecule has 2 rings (SSSR count). The lowest BCUT2D eigenvalue weighted by Gasteiger charge is -2.13. The monoisotopic (exact) mass is 262 g/mol. The van der Waals surface area contributed by atoms with Gasteiger partial charge in [0.15, 0.2) is 0 Å². The first kappa shape index (κ1) is 13.7. The molecular weight excluding hydrogens is 243 g/mol. The predicted octanol–water partition coefficient (Wildman–Crippen LogP) is 2.99. The van der Waals surface area contributed by atoms with Crippen LogP contribution in [0.1, 0.15) is 42.5 Å². The van der Waals surface area contributed by atoms with E-state index < -0.39 is 6.10 Å². The van der Waals surface area contributed by atoms with E-state index in [2.05, 4.69) is 5.10 Å². The van der Waals surface area contributed by atoms with E-state index in [0.717, 1.165) is 17.8 Å². The second kappa shape index (κ2) is 5.53. The van der Waals surface area contributed by atoms with Crippen LogP contribution in [0.25, 0.3) is 0 Å². The highest BCUT2D eigenvalue weighted by atomic mass is 19.1. The Balaban J connectivity index is 2.39. The van der Waals surface area contributed by atoms with E-state index in [-0.39, 0.29) is 5.82 Å². The first-order chi connectivity index (χ1) is 9.06. The Morgan fingerprint density at radius 1 is 1.32 bits per heavy atom. The lowest BCUT2D eigenvalue weighted by molar-refractivity contribution is 0.208. The highest BCUT2D eigenvalue weighted by molar-refractivity contribution is 5.31. The molecule has 0 fully saturated rings. The molecule has 0 saturated carbocycles. The van der Waals surface area contributed by atoms with Crippen molar-refractivity contribution >= 4 is 0 Å². The van der Waals surface area contributed by atoms with E-state index in [1.54, 1.807) is 23.7 Å². The van der Waals surface area contributed by atoms with Gasteiger partial charge in [-0.3, -0.25) is 4.68 Å². The van der Waals surface area contributed by atoms with Crippen LogP contribution in [0.5, 0.6) is 0 Å². The molecule has 19 heavy (non-hydrogen) atoms. The van der Waals surface area contributed by atoms with Crippen molar-refractivity contribution in [1.29, 1.82) is 0 Å². The lowest BCUT2D eigenvalue weighted by Crippen LogP contribution is -2.09. The summed E-state index contributed by atoms with van der Waals surface area (Å²) >= 11 is 0. The average Bonchev–Trinajstić information content (AvgIpc) is 2.84. The molecule has 2 aromatic rings. The van der Waals surface area contributed by atoms with Crippen molar-refractivity contribution < 1.29 is 9.50 Å². The Hall–Kier alpha value is -1.68. The Morgan fingerprint density at radius 3 is 2.63 bits per heavy atom. The van der Waals surface area contributed by atoms with Gasteiger partial charge in [0, 0.05) is 6.54 Å². The number of rotatable bonds is 4. The number of aromatic nitrogens is 2. The number of halogens is 1. The maximum absolute atomic E-state index is 13.3. The van der Waals surface area contributed by atoms with Crippen molar-refractivity contribution in [2.24, 2.45) is 0 Å². The molecule has 1 N–H and O–H groups in total. The highest BCUT2D eigenvalue weighted by Gasteiger charge is 2.17. The number of aryl methyl sites for hydroxylation is 3. The van der Waals surface area contributed by atoms with Crippen LogP contribution in [0, 0.1) is 12.7 Å². The summed E-state index contributed by atoms with van der Waals surface area (Å²) in [5, 5.41) is 14.9. The molecule has 1 heterocycles. The Labute approximate surface area is 112 Å². The summed E-state index contributed by atoms with van der Waals surface area (Å²) in [6, 6.07) is 6.60. The fourth-order valence-electron chi connectivity index (χ4n) is 2.14. The second-order valence-electron chi connectivity index (χ2n) is 4.64. The number of nitrogens with zero attached hydrogens (tertiary/aromatic N) is 2. The minimum Gasteiger partial charge on any atom is -0.382 e. The maximum Gasteiger partial charge on any atom is 0.126 e. The van der Waals surface area contributed by atoms with Gasteiger partial charge in [-0.05, 0) is 43.5 Å². The third kappa shape index (κ3) is 2.68. The average molecular weight is 262 g/mol. The summed E-state index contributed by atoms with van der Waals surface area (Å²) in [6.45, 7) is 6.41. The number of aliphatic hydroxyl groups is 1. The Kier molecular flexibility index (Phi) is 4.00. The van der Waals surface area contributed by atoms with Crippen LogP contribution in [-0.2, 0) is 13.0 Å². The minimum atomic E-state index is -0.771. The highest BCUT2D eigenvalue weighted by Crippen LogP contribution is 2.24. The SMILES string of the molecule is CCc1cc(C(O)c2ccc(F)c(C)c2)n(CC)n1. The molecule has 1 atom stereocenters. The van der Waals surface area contributed by atoms with Crippen LogP contribution >= 0.6 is 0 Å². The van der Waals surface area contributed by atoms with Crippen molar-refractivity contribution in [3.8, 4) is 0 Å². The van der Waals surface area contributed by atoms with E-state index >= 15 is 0 Å². The summed E-state index contributed by atoms with van der Waals surface area (Å²) in [4.78, 5) is 0. The summed E-state index contributed by atoms with van der Waals surface area (Å²) in [7, 11) is 0. The van der Waals surface area contributed by atoms with Crippen LogP contribution in [0.4, 0.5) is 4.39 Å². The molecular formula is C15H19FN2O. The third-order valence-corrected chi connectivity index (χ3v) is 3.30. The molecule has 0 spiro atoms. The molecule has 4 heteroatoms. The quantitative estimate of drug-likeness (QED) is 0.919.